The van der Waals surface area contributed by atoms with Gasteiger partial charge in [0.2, 0.25) is 0 Å². The summed E-state index contributed by atoms with van der Waals surface area (Å²) in [7, 11) is 0. The monoisotopic (exact) mass is 151 g/mol. The second-order valence-corrected chi connectivity index (χ2v) is 1.70. The number of nitrogen functional groups attached to an aromatic ring is 1. The molecule has 0 amide bonds. The summed E-state index contributed by atoms with van der Waals surface area (Å²) in [6.45, 7) is 0. The number of nitrogens with one attached hydrogen (secondary N) is 1. The van der Waals surface area contributed by atoms with E-state index in [4.69, 9.17) is 5.73 Å². The second kappa shape index (κ2) is 1.89. The van der Waals surface area contributed by atoms with Gasteiger partial charge in [-0.15, -0.1) is 0 Å². The number of aromatic amines is 1. The first-order chi connectivity index (χ1) is 4.52. The van der Waals surface area contributed by atoms with Crippen LogP contribution in [0.3, 0.4) is 0 Å². The van der Waals surface area contributed by atoms with E-state index in [2.05, 4.69) is 5.10 Å². The molecular formula is C4H4F3N3. The second-order valence-electron chi connectivity index (χ2n) is 1.70. The van der Waals surface area contributed by atoms with Crippen LogP contribution in [0.5, 0.6) is 0 Å². The first-order valence-corrected chi connectivity index (χ1v) is 2.38. The van der Waals surface area contributed by atoms with Gasteiger partial charge in [-0.25, -0.2) is 0 Å². The Bertz CT molecular complexity index is 226. The van der Waals surface area contributed by atoms with E-state index in [1.54, 1.807) is 5.10 Å². The summed E-state index contributed by atoms with van der Waals surface area (Å²) in [5.74, 6) is 0. The maximum absolute atomic E-state index is 11.7. The molecule has 0 radical (unpaired) electrons. The Morgan fingerprint density at radius 3 is 2.30 bits per heavy atom. The molecule has 0 fully saturated rings. The van der Waals surface area contributed by atoms with Crippen molar-refractivity contribution in [2.45, 2.75) is 6.18 Å². The standard InChI is InChI=1S/C4H4F3N3/c5-4(6,7)3-2(8)1-9-10-3/h1H,8H2,(H,9,10). The molecule has 0 unspecified atom stereocenters. The highest BCUT2D eigenvalue weighted by Crippen LogP contribution is 2.30. The zero-order valence-corrected chi connectivity index (χ0v) is 4.74. The van der Waals surface area contributed by atoms with E-state index >= 15 is 0 Å². The Hall–Kier alpha value is -1.20. The van der Waals surface area contributed by atoms with Gasteiger partial charge < -0.3 is 5.73 Å². The molecule has 0 aliphatic heterocycles. The molecule has 1 rings (SSSR count). The highest BCUT2D eigenvalue weighted by molar-refractivity contribution is 5.41. The molecule has 0 aliphatic carbocycles. The lowest BCUT2D eigenvalue weighted by atomic mass is 10.4. The molecule has 0 aliphatic rings. The highest BCUT2D eigenvalue weighted by atomic mass is 19.4. The molecule has 0 spiro atoms. The average molecular weight is 151 g/mol. The first kappa shape index (κ1) is 6.91. The predicted octanol–water partition coefficient (Wildman–Crippen LogP) is 1.01. The van der Waals surface area contributed by atoms with Crippen LogP contribution in [0.25, 0.3) is 0 Å². The lowest BCUT2D eigenvalue weighted by Gasteiger charge is -2.02. The lowest BCUT2D eigenvalue weighted by Crippen LogP contribution is -2.08. The van der Waals surface area contributed by atoms with E-state index in [0.717, 1.165) is 6.20 Å². The van der Waals surface area contributed by atoms with Crippen molar-refractivity contribution >= 4 is 5.69 Å². The normalized spacial score (nSPS) is 11.9. The summed E-state index contributed by atoms with van der Waals surface area (Å²) in [6.07, 6.45) is -3.51. The topological polar surface area (TPSA) is 54.7 Å². The minimum atomic E-state index is -4.43. The largest absolute Gasteiger partial charge is 0.434 e. The summed E-state index contributed by atoms with van der Waals surface area (Å²) in [4.78, 5) is 0. The molecule has 56 valence electrons. The van der Waals surface area contributed by atoms with Crippen molar-refractivity contribution in [3.8, 4) is 0 Å². The Morgan fingerprint density at radius 1 is 1.50 bits per heavy atom. The first-order valence-electron chi connectivity index (χ1n) is 2.38. The maximum atomic E-state index is 11.7. The highest BCUT2D eigenvalue weighted by Gasteiger charge is 2.34. The van der Waals surface area contributed by atoms with Gasteiger partial charge in [-0.1, -0.05) is 0 Å². The van der Waals surface area contributed by atoms with E-state index in [-0.39, 0.29) is 5.69 Å². The molecule has 0 saturated heterocycles. The van der Waals surface area contributed by atoms with Crippen LogP contribution in [0.4, 0.5) is 18.9 Å². The van der Waals surface area contributed by atoms with Crippen LogP contribution in [-0.2, 0) is 6.18 Å². The predicted molar refractivity (Wildman–Crippen MR) is 28.0 cm³/mol. The molecule has 0 aromatic carbocycles. The van der Waals surface area contributed by atoms with Crippen LogP contribution >= 0.6 is 0 Å². The average Bonchev–Trinajstić information content (AvgIpc) is 2.11. The van der Waals surface area contributed by atoms with E-state index in [1.807, 2.05) is 0 Å². The maximum Gasteiger partial charge on any atom is 0.434 e. The summed E-state index contributed by atoms with van der Waals surface area (Å²) in [5, 5.41) is 4.86. The fraction of sp³-hybridized carbons (Fsp3) is 0.250. The number of hydrogen-bond acceptors (Lipinski definition) is 2. The van der Waals surface area contributed by atoms with Crippen LogP contribution < -0.4 is 5.73 Å². The summed E-state index contributed by atoms with van der Waals surface area (Å²) < 4.78 is 35.2. The summed E-state index contributed by atoms with van der Waals surface area (Å²) >= 11 is 0. The van der Waals surface area contributed by atoms with Gasteiger partial charge in [0.15, 0.2) is 5.69 Å². The van der Waals surface area contributed by atoms with Gasteiger partial charge in [0.25, 0.3) is 0 Å². The third kappa shape index (κ3) is 1.04. The van der Waals surface area contributed by atoms with E-state index in [9.17, 15) is 13.2 Å². The van der Waals surface area contributed by atoms with Gasteiger partial charge in [-0.2, -0.15) is 18.3 Å². The van der Waals surface area contributed by atoms with Crippen LogP contribution in [0, 0.1) is 0 Å². The van der Waals surface area contributed by atoms with Crippen molar-refractivity contribution in [1.82, 2.24) is 10.2 Å². The van der Waals surface area contributed by atoms with E-state index in [1.165, 1.54) is 0 Å². The Kier molecular flexibility index (Phi) is 1.31. The fourth-order valence-corrected chi connectivity index (χ4v) is 0.523. The van der Waals surface area contributed by atoms with Crippen molar-refractivity contribution in [1.29, 1.82) is 0 Å². The van der Waals surface area contributed by atoms with Gasteiger partial charge >= 0.3 is 6.18 Å². The zero-order valence-electron chi connectivity index (χ0n) is 4.74. The minimum absolute atomic E-state index is 0.382. The summed E-state index contributed by atoms with van der Waals surface area (Å²) in [6, 6.07) is 0. The number of rotatable bonds is 0. The van der Waals surface area contributed by atoms with Crippen molar-refractivity contribution in [2.75, 3.05) is 5.73 Å². The van der Waals surface area contributed by atoms with Crippen molar-refractivity contribution in [3.63, 3.8) is 0 Å². The number of nitrogens with zero attached hydrogens (tertiary/aromatic N) is 1. The molecule has 3 nitrogen and oxygen atoms in total. The third-order valence-corrected chi connectivity index (χ3v) is 0.952. The Labute approximate surface area is 54.0 Å². The number of aromatic nitrogens is 2. The molecule has 1 heterocycles. The van der Waals surface area contributed by atoms with E-state index in [0.29, 0.717) is 0 Å². The van der Waals surface area contributed by atoms with Crippen LogP contribution in [-0.4, -0.2) is 10.2 Å². The Balaban J connectivity index is 3.05. The van der Waals surface area contributed by atoms with E-state index < -0.39 is 11.9 Å². The van der Waals surface area contributed by atoms with Gasteiger partial charge in [0.05, 0.1) is 11.9 Å². The van der Waals surface area contributed by atoms with Gasteiger partial charge in [-0.3, -0.25) is 5.10 Å². The molecule has 0 atom stereocenters. The SMILES string of the molecule is Nc1cn[nH]c1C(F)(F)F. The van der Waals surface area contributed by atoms with Gasteiger partial charge in [0, 0.05) is 0 Å². The quantitative estimate of drug-likeness (QED) is 0.581. The number of anilines is 1. The summed E-state index contributed by atoms with van der Waals surface area (Å²) in [5.41, 5.74) is 3.54. The number of halogens is 3. The Morgan fingerprint density at radius 2 is 2.10 bits per heavy atom. The molecule has 0 bridgehead atoms. The number of nitrogens with two attached hydrogens (primary N) is 1. The molecule has 1 aromatic rings. The minimum Gasteiger partial charge on any atom is -0.396 e. The van der Waals surface area contributed by atoms with Crippen molar-refractivity contribution < 1.29 is 13.2 Å². The lowest BCUT2D eigenvalue weighted by molar-refractivity contribution is -0.140. The van der Waals surface area contributed by atoms with Gasteiger partial charge in [0.1, 0.15) is 0 Å². The molecule has 10 heavy (non-hydrogen) atoms. The molecule has 0 saturated carbocycles. The third-order valence-electron chi connectivity index (χ3n) is 0.952. The van der Waals surface area contributed by atoms with Crippen LogP contribution in [0.15, 0.2) is 6.20 Å². The zero-order chi connectivity index (χ0) is 7.78. The van der Waals surface area contributed by atoms with Gasteiger partial charge in [-0.05, 0) is 0 Å². The molecule has 1 aromatic heterocycles. The number of hydrogen-bond donors (Lipinski definition) is 2. The number of H-pyrrole nitrogens is 1. The van der Waals surface area contributed by atoms with Crippen LogP contribution in [0.2, 0.25) is 0 Å². The molecule has 6 heteroatoms. The number of alkyl halides is 3. The molecule has 3 N–H and O–H groups in total. The fourth-order valence-electron chi connectivity index (χ4n) is 0.523. The van der Waals surface area contributed by atoms with Crippen molar-refractivity contribution in [2.24, 2.45) is 0 Å². The van der Waals surface area contributed by atoms with Crippen LogP contribution in [0.1, 0.15) is 5.69 Å². The molecular weight excluding hydrogens is 147 g/mol. The smallest absolute Gasteiger partial charge is 0.396 e. The van der Waals surface area contributed by atoms with Crippen molar-refractivity contribution in [3.05, 3.63) is 11.9 Å².